The number of ether oxygens (including phenoxy) is 1. The highest BCUT2D eigenvalue weighted by Gasteiger charge is 2.05. The van der Waals surface area contributed by atoms with Gasteiger partial charge in [-0.15, -0.1) is 0 Å². The van der Waals surface area contributed by atoms with Gasteiger partial charge in [0.15, 0.2) is 0 Å². The molecule has 3 nitrogen and oxygen atoms in total. The number of hydrogen-bond donors (Lipinski definition) is 1. The summed E-state index contributed by atoms with van der Waals surface area (Å²) < 4.78 is 5.65. The first-order valence-corrected chi connectivity index (χ1v) is 5.51. The van der Waals surface area contributed by atoms with Gasteiger partial charge < -0.3 is 9.84 Å². The molecular weight excluding hydrogens is 216 g/mol. The van der Waals surface area contributed by atoms with Crippen molar-refractivity contribution in [3.63, 3.8) is 0 Å². The molecule has 0 spiro atoms. The van der Waals surface area contributed by atoms with E-state index in [-0.39, 0.29) is 0 Å². The lowest BCUT2D eigenvalue weighted by molar-refractivity contribution is -0.131. The Balaban J connectivity index is 2.80. The molecule has 1 N–H and O–H groups in total. The van der Waals surface area contributed by atoms with Crippen molar-refractivity contribution in [2.24, 2.45) is 0 Å². The fourth-order valence-corrected chi connectivity index (χ4v) is 1.83. The van der Waals surface area contributed by atoms with Gasteiger partial charge in [-0.2, -0.15) is 0 Å². The molecule has 17 heavy (non-hydrogen) atoms. The quantitative estimate of drug-likeness (QED) is 0.814. The zero-order valence-corrected chi connectivity index (χ0v) is 10.7. The van der Waals surface area contributed by atoms with Gasteiger partial charge in [0.05, 0.1) is 0 Å². The molecule has 0 saturated heterocycles. The molecule has 3 heteroatoms. The molecule has 0 atom stereocenters. The van der Waals surface area contributed by atoms with Crippen LogP contribution in [-0.2, 0) is 4.79 Å². The van der Waals surface area contributed by atoms with Gasteiger partial charge >= 0.3 is 5.97 Å². The second-order valence-corrected chi connectivity index (χ2v) is 4.35. The standard InChI is InChI=1S/C14H18O3/c1-9-5-11(3)14(12(4)6-9)17-8-10(2)7-13(15)16/h5-7H,8H2,1-4H3,(H,15,16)/b10-7+. The Hall–Kier alpha value is -1.77. The van der Waals surface area contributed by atoms with E-state index >= 15 is 0 Å². The van der Waals surface area contributed by atoms with Gasteiger partial charge in [-0.1, -0.05) is 17.7 Å². The van der Waals surface area contributed by atoms with Crippen molar-refractivity contribution in [2.45, 2.75) is 27.7 Å². The lowest BCUT2D eigenvalue weighted by Gasteiger charge is -2.13. The number of aliphatic carboxylic acids is 1. The summed E-state index contributed by atoms with van der Waals surface area (Å²) in [5.41, 5.74) is 4.04. The van der Waals surface area contributed by atoms with Crippen molar-refractivity contribution >= 4 is 5.97 Å². The van der Waals surface area contributed by atoms with Crippen LogP contribution in [0.3, 0.4) is 0 Å². The van der Waals surface area contributed by atoms with Crippen molar-refractivity contribution in [1.29, 1.82) is 0 Å². The van der Waals surface area contributed by atoms with E-state index in [0.717, 1.165) is 16.9 Å². The molecule has 0 fully saturated rings. The molecule has 1 aromatic carbocycles. The predicted molar refractivity (Wildman–Crippen MR) is 67.5 cm³/mol. The maximum atomic E-state index is 10.5. The van der Waals surface area contributed by atoms with E-state index < -0.39 is 5.97 Å². The minimum Gasteiger partial charge on any atom is -0.489 e. The van der Waals surface area contributed by atoms with E-state index in [1.54, 1.807) is 6.92 Å². The monoisotopic (exact) mass is 234 g/mol. The van der Waals surface area contributed by atoms with Crippen molar-refractivity contribution in [1.82, 2.24) is 0 Å². The summed E-state index contributed by atoms with van der Waals surface area (Å²) in [6, 6.07) is 4.11. The van der Waals surface area contributed by atoms with Gasteiger partial charge in [0.25, 0.3) is 0 Å². The molecule has 1 aromatic rings. The van der Waals surface area contributed by atoms with Gasteiger partial charge in [0.2, 0.25) is 0 Å². The minimum atomic E-state index is -0.941. The smallest absolute Gasteiger partial charge is 0.328 e. The van der Waals surface area contributed by atoms with Crippen LogP contribution >= 0.6 is 0 Å². The number of benzene rings is 1. The Kier molecular flexibility index (Phi) is 4.32. The average Bonchev–Trinajstić information content (AvgIpc) is 2.14. The normalized spacial score (nSPS) is 11.4. The van der Waals surface area contributed by atoms with Crippen molar-refractivity contribution in [2.75, 3.05) is 6.61 Å². The highest BCUT2D eigenvalue weighted by atomic mass is 16.5. The third kappa shape index (κ3) is 3.94. The average molecular weight is 234 g/mol. The van der Waals surface area contributed by atoms with E-state index in [9.17, 15) is 4.79 Å². The second-order valence-electron chi connectivity index (χ2n) is 4.35. The van der Waals surface area contributed by atoms with Crippen molar-refractivity contribution < 1.29 is 14.6 Å². The van der Waals surface area contributed by atoms with Crippen LogP contribution in [0.1, 0.15) is 23.6 Å². The second kappa shape index (κ2) is 5.53. The summed E-state index contributed by atoms with van der Waals surface area (Å²) >= 11 is 0. The number of hydrogen-bond acceptors (Lipinski definition) is 2. The highest BCUT2D eigenvalue weighted by Crippen LogP contribution is 2.24. The van der Waals surface area contributed by atoms with E-state index in [4.69, 9.17) is 9.84 Å². The van der Waals surface area contributed by atoms with Crippen LogP contribution in [0.15, 0.2) is 23.8 Å². The summed E-state index contributed by atoms with van der Waals surface area (Å²) in [5, 5.41) is 8.59. The zero-order chi connectivity index (χ0) is 13.0. The molecular formula is C14H18O3. The Morgan fingerprint density at radius 1 is 1.29 bits per heavy atom. The summed E-state index contributed by atoms with van der Waals surface area (Å²) in [5.74, 6) is -0.0998. The molecule has 0 unspecified atom stereocenters. The lowest BCUT2D eigenvalue weighted by Crippen LogP contribution is -2.04. The molecule has 0 aliphatic heterocycles. The summed E-state index contributed by atoms with van der Waals surface area (Å²) in [4.78, 5) is 10.5. The molecule has 0 aliphatic carbocycles. The maximum Gasteiger partial charge on any atom is 0.328 e. The van der Waals surface area contributed by atoms with Crippen molar-refractivity contribution in [3.05, 3.63) is 40.5 Å². The van der Waals surface area contributed by atoms with Crippen LogP contribution in [0.25, 0.3) is 0 Å². The van der Waals surface area contributed by atoms with E-state index in [1.807, 2.05) is 20.8 Å². The fraction of sp³-hybridized carbons (Fsp3) is 0.357. The van der Waals surface area contributed by atoms with Crippen molar-refractivity contribution in [3.8, 4) is 5.75 Å². The predicted octanol–water partition coefficient (Wildman–Crippen LogP) is 3.02. The van der Waals surface area contributed by atoms with Gasteiger partial charge in [0, 0.05) is 6.08 Å². The Labute approximate surface area is 102 Å². The molecule has 0 aliphatic rings. The van der Waals surface area contributed by atoms with Crippen LogP contribution in [0.5, 0.6) is 5.75 Å². The largest absolute Gasteiger partial charge is 0.489 e. The first kappa shape index (κ1) is 13.3. The number of carboxylic acids is 1. The molecule has 0 aromatic heterocycles. The van der Waals surface area contributed by atoms with Gasteiger partial charge in [0.1, 0.15) is 12.4 Å². The summed E-state index contributed by atoms with van der Waals surface area (Å²) in [6.45, 7) is 8.07. The molecule has 92 valence electrons. The van der Waals surface area contributed by atoms with E-state index in [2.05, 4.69) is 12.1 Å². The molecule has 0 radical (unpaired) electrons. The number of rotatable bonds is 4. The third-order valence-electron chi connectivity index (χ3n) is 2.42. The maximum absolute atomic E-state index is 10.5. The zero-order valence-electron chi connectivity index (χ0n) is 10.7. The Morgan fingerprint density at radius 3 is 2.29 bits per heavy atom. The molecule has 0 heterocycles. The number of aryl methyl sites for hydroxylation is 3. The van der Waals surface area contributed by atoms with E-state index in [1.165, 1.54) is 11.6 Å². The number of carboxylic acid groups (broad SMARTS) is 1. The Bertz CT molecular complexity index is 436. The minimum absolute atomic E-state index is 0.303. The van der Waals surface area contributed by atoms with Crippen LogP contribution in [0.4, 0.5) is 0 Å². The SMILES string of the molecule is C/C(=C\C(=O)O)COc1c(C)cc(C)cc1C. The molecule has 0 amide bonds. The van der Waals surface area contributed by atoms with Crippen LogP contribution in [0.2, 0.25) is 0 Å². The summed E-state index contributed by atoms with van der Waals surface area (Å²) in [7, 11) is 0. The molecule has 0 saturated carbocycles. The third-order valence-corrected chi connectivity index (χ3v) is 2.42. The van der Waals surface area contributed by atoms with Gasteiger partial charge in [-0.05, 0) is 44.4 Å². The van der Waals surface area contributed by atoms with Crippen LogP contribution in [0, 0.1) is 20.8 Å². The Morgan fingerprint density at radius 2 is 1.82 bits per heavy atom. The molecule has 0 bridgehead atoms. The first-order chi connectivity index (χ1) is 7.90. The lowest BCUT2D eigenvalue weighted by atomic mass is 10.1. The van der Waals surface area contributed by atoms with Gasteiger partial charge in [-0.3, -0.25) is 0 Å². The topological polar surface area (TPSA) is 46.5 Å². The summed E-state index contributed by atoms with van der Waals surface area (Å²) in [6.07, 6.45) is 1.17. The number of carbonyl (C=O) groups is 1. The van der Waals surface area contributed by atoms with E-state index in [0.29, 0.717) is 12.2 Å². The van der Waals surface area contributed by atoms with Gasteiger partial charge in [-0.25, -0.2) is 4.79 Å². The van der Waals surface area contributed by atoms with Crippen LogP contribution < -0.4 is 4.74 Å². The van der Waals surface area contributed by atoms with Crippen LogP contribution in [-0.4, -0.2) is 17.7 Å². The fourth-order valence-electron chi connectivity index (χ4n) is 1.83. The first-order valence-electron chi connectivity index (χ1n) is 5.51. The highest BCUT2D eigenvalue weighted by molar-refractivity contribution is 5.80. The molecule has 1 rings (SSSR count).